The molecular weight excluding hydrogens is 1680 g/mol. The number of nitrogens with zero attached hydrogens (tertiary/aromatic N) is 6. The first-order valence-corrected chi connectivity index (χ1v) is 44.7. The van der Waals surface area contributed by atoms with Gasteiger partial charge in [-0.25, -0.2) is 4.98 Å². The summed E-state index contributed by atoms with van der Waals surface area (Å²) in [5.74, 6) is -16.1. The average Bonchev–Trinajstić information content (AvgIpc) is 1.56. The zero-order valence-electron chi connectivity index (χ0n) is 74.3. The topological polar surface area (TPSA) is 592 Å². The molecule has 3 aromatic carbocycles. The first-order chi connectivity index (χ1) is 61.5. The quantitative estimate of drug-likeness (QED) is 0.0202. The Bertz CT molecular complexity index is 5010. The van der Waals surface area contributed by atoms with Crippen LogP contribution in [-0.2, 0) is 102 Å². The Hall–Kier alpha value is -13.0. The van der Waals surface area contributed by atoms with Gasteiger partial charge in [0.25, 0.3) is 0 Å². The number of likely N-dealkylation sites (N-methyl/N-ethyl adjacent to an activating group) is 4. The Balaban J connectivity index is 1.07. The summed E-state index contributed by atoms with van der Waals surface area (Å²) in [6, 6.07) is 4.82. The second-order valence-corrected chi connectivity index (χ2v) is 34.8. The number of nitrogens with two attached hydrogens (primary N) is 3. The van der Waals surface area contributed by atoms with Crippen LogP contribution >= 0.6 is 11.8 Å². The van der Waals surface area contributed by atoms with E-state index in [0.29, 0.717) is 69.9 Å². The average molecular weight is 1810 g/mol. The lowest BCUT2D eigenvalue weighted by atomic mass is 9.99. The van der Waals surface area contributed by atoms with Gasteiger partial charge in [0, 0.05) is 119 Å². The zero-order chi connectivity index (χ0) is 94.1. The highest BCUT2D eigenvalue weighted by atomic mass is 32.2. The van der Waals surface area contributed by atoms with E-state index < -0.39 is 204 Å². The van der Waals surface area contributed by atoms with Crippen LogP contribution in [0.3, 0.4) is 0 Å². The molecule has 1 aliphatic carbocycles. The van der Waals surface area contributed by atoms with E-state index >= 15 is 24.0 Å². The van der Waals surface area contributed by atoms with Gasteiger partial charge in [-0.15, -0.1) is 11.8 Å². The molecule has 16 amide bonds. The van der Waals surface area contributed by atoms with Crippen molar-refractivity contribution in [3.05, 3.63) is 126 Å². The molecule has 5 heterocycles. The second-order valence-electron chi connectivity index (χ2n) is 33.7. The molecule has 2 saturated heterocycles. The van der Waals surface area contributed by atoms with Gasteiger partial charge in [-0.05, 0) is 98.9 Å². The van der Waals surface area contributed by atoms with Gasteiger partial charge in [0.1, 0.15) is 78.0 Å². The number of imidazole rings is 1. The van der Waals surface area contributed by atoms with Crippen LogP contribution in [0, 0.1) is 17.2 Å². The number of primary amides is 2. The van der Waals surface area contributed by atoms with Gasteiger partial charge in [0.05, 0.1) is 31.7 Å². The number of para-hydroxylation sites is 2. The van der Waals surface area contributed by atoms with E-state index in [-0.39, 0.29) is 101 Å². The number of unbranched alkanes of at least 4 members (excludes halogenated alkanes) is 1. The van der Waals surface area contributed by atoms with Gasteiger partial charge in [-0.3, -0.25) is 82.1 Å². The Labute approximate surface area is 751 Å². The molecule has 129 heavy (non-hydrogen) atoms. The molecule has 0 bridgehead atoms. The van der Waals surface area contributed by atoms with Crippen molar-refractivity contribution in [3.8, 4) is 0 Å². The van der Waals surface area contributed by atoms with Crippen LogP contribution in [-0.4, -0.2) is 294 Å². The summed E-state index contributed by atoms with van der Waals surface area (Å²) >= 11 is 0.843. The van der Waals surface area contributed by atoms with Crippen molar-refractivity contribution in [2.75, 3.05) is 65.9 Å². The number of amides is 16. The van der Waals surface area contributed by atoms with E-state index in [1.165, 1.54) is 57.4 Å². The van der Waals surface area contributed by atoms with Gasteiger partial charge in [-0.1, -0.05) is 114 Å². The lowest BCUT2D eigenvalue weighted by molar-refractivity contribution is -0.150. The molecule has 40 nitrogen and oxygen atoms in total. The van der Waals surface area contributed by atoms with Crippen molar-refractivity contribution in [1.82, 2.24) is 97.6 Å². The zero-order valence-corrected chi connectivity index (χ0v) is 75.1. The first kappa shape index (κ1) is 99.8. The number of hydrogen-bond acceptors (Lipinski definition) is 20. The van der Waals surface area contributed by atoms with E-state index in [0.717, 1.165) is 26.5 Å². The van der Waals surface area contributed by atoms with Crippen LogP contribution in [0.2, 0.25) is 0 Å². The molecule has 6 aromatic rings. The first-order valence-electron chi connectivity index (χ1n) is 43.5. The van der Waals surface area contributed by atoms with E-state index in [1.807, 2.05) is 13.8 Å². The number of aromatic nitrogens is 4. The summed E-state index contributed by atoms with van der Waals surface area (Å²) < 4.78 is 0. The lowest BCUT2D eigenvalue weighted by Gasteiger charge is -2.37. The maximum atomic E-state index is 15.7. The van der Waals surface area contributed by atoms with Gasteiger partial charge >= 0.3 is 0 Å². The molecule has 2 unspecified atom stereocenters. The molecule has 41 heteroatoms. The standard InChI is InChI=1S/C88H123N23O17S/c1-10-12-30-70-85(127)110(9)88(40-54(88)22-11-2)86(128)106-60(29-20-32-94-87(91)92)76(118)105-68(74(90)116)46-129-47-73(115)99-64(35-51-23-14-13-15-24-51)82(124)108(7)50(5)75(117)101-66(39-71(89)113)84(126)111-33-21-31-69(111)80(122)100-62(38-55-43-93-48-97-55)78(120)102-63(34-49(3)4)81(123)107(6)44-72(114)98-61(36-52-41-95-58-27-18-16-25-56(52)58)77(119)104-67(45-112)79(121)103-65(83(125)109(70)8)37-53-42-96-59-28-19-17-26-57(53)59/h13-19,23-28,41-43,48-50,54,60-70,95-96,112H,10-12,20-22,29-40,44-47H2,1-9H3,(H2,89,113)(H2,90,116)(H,93,97)(H,98,114)(H,99,115)(H,100,122)(H,101,117)(H,102,120)(H,103,121)(H,104,119)(H,105,118)(H,106,128)(H4,91,92,94)/t50-,54+,60-,61-,62-,63-,64-,65-,66-,67-,68-,69?,70-,88?/m0/s1. The van der Waals surface area contributed by atoms with Gasteiger partial charge < -0.3 is 115 Å². The van der Waals surface area contributed by atoms with E-state index in [4.69, 9.17) is 22.6 Å². The summed E-state index contributed by atoms with van der Waals surface area (Å²) in [6.07, 6.45) is 6.60. The minimum absolute atomic E-state index is 0.0165. The molecule has 9 rings (SSSR count). The van der Waals surface area contributed by atoms with Crippen LogP contribution in [0.4, 0.5) is 0 Å². The van der Waals surface area contributed by atoms with Crippen molar-refractivity contribution in [3.63, 3.8) is 0 Å². The highest BCUT2D eigenvalue weighted by Gasteiger charge is 2.64. The minimum Gasteiger partial charge on any atom is -0.394 e. The molecule has 698 valence electrons. The van der Waals surface area contributed by atoms with Crippen LogP contribution in [0.25, 0.3) is 21.8 Å². The summed E-state index contributed by atoms with van der Waals surface area (Å²) in [7, 11) is 5.37. The summed E-state index contributed by atoms with van der Waals surface area (Å²) in [5, 5.41) is 47.3. The third-order valence-electron chi connectivity index (χ3n) is 23.8. The number of aliphatic hydroxyl groups excluding tert-OH is 1. The summed E-state index contributed by atoms with van der Waals surface area (Å²) in [6.45, 7) is 6.81. The maximum Gasteiger partial charge on any atom is 0.246 e. The van der Waals surface area contributed by atoms with Crippen molar-refractivity contribution in [2.45, 2.75) is 215 Å². The number of H-pyrrole nitrogens is 3. The highest BCUT2D eigenvalue weighted by molar-refractivity contribution is 8.00. The molecule has 21 N–H and O–H groups in total. The predicted molar refractivity (Wildman–Crippen MR) is 479 cm³/mol. The lowest BCUT2D eigenvalue weighted by Crippen LogP contribution is -2.62. The number of nitrogens with one attached hydrogen (secondary N) is 14. The third-order valence-corrected chi connectivity index (χ3v) is 24.8. The van der Waals surface area contributed by atoms with Crippen molar-refractivity contribution >= 4 is 134 Å². The molecule has 3 aromatic heterocycles. The molecule has 3 aliphatic rings. The third kappa shape index (κ3) is 26.6. The normalized spacial score (nSPS) is 25.3. The van der Waals surface area contributed by atoms with Crippen LogP contribution in [0.5, 0.6) is 0 Å². The van der Waals surface area contributed by atoms with Crippen LogP contribution in [0.15, 0.2) is 104 Å². The van der Waals surface area contributed by atoms with Crippen molar-refractivity contribution in [1.29, 1.82) is 5.41 Å². The highest BCUT2D eigenvalue weighted by Crippen LogP contribution is 2.51. The Morgan fingerprint density at radius 2 is 1.16 bits per heavy atom. The number of aromatic amines is 3. The predicted octanol–water partition coefficient (Wildman–Crippen LogP) is -1.25. The number of thioether (sulfide) groups is 1. The number of guanidine groups is 1. The van der Waals surface area contributed by atoms with Crippen LogP contribution in [0.1, 0.15) is 134 Å². The molecule has 3 fully saturated rings. The van der Waals surface area contributed by atoms with Gasteiger partial charge in [-0.2, -0.15) is 0 Å². The Morgan fingerprint density at radius 1 is 0.589 bits per heavy atom. The number of aliphatic hydroxyl groups is 1. The molecule has 1 spiro atoms. The fourth-order valence-electron chi connectivity index (χ4n) is 16.5. The summed E-state index contributed by atoms with van der Waals surface area (Å²) in [5.41, 5.74) is 19.0. The molecule has 2 aliphatic heterocycles. The number of carbonyl (C=O) groups is 16. The van der Waals surface area contributed by atoms with Crippen molar-refractivity contribution in [2.24, 2.45) is 29.0 Å². The van der Waals surface area contributed by atoms with Gasteiger partial charge in [0.15, 0.2) is 5.96 Å². The minimum atomic E-state index is -1.83. The fraction of sp³-hybridized carbons (Fsp3) is 0.523. The second kappa shape index (κ2) is 46.7. The monoisotopic (exact) mass is 1810 g/mol. The van der Waals surface area contributed by atoms with Gasteiger partial charge in [0.2, 0.25) is 94.5 Å². The number of benzene rings is 3. The SMILES string of the molecule is CCCC[C@H]1C(=O)N(C)C2(C[C@H]2CCC)C(=O)N[C@@H](CCCNC(=N)N)C(=O)N[C@H](C(N)=O)CSCC(=O)N[C@@H](Cc2ccccc2)C(=O)N(C)[C@@H](C)C(=O)N[C@@H](CC(N)=O)C(=O)N2CCCC2C(=O)N[C@@H](Cc2cnc[nH]2)C(=O)N[C@@H](CC(C)C)C(=O)N(C)CC(=O)N[C@@H](Cc2c[nH]c3ccccc23)C(=O)N[C@@H](CO)C(=O)N[C@@H](Cc2c[nH]c3ccccc23)C(=O)N1C. The van der Waals surface area contributed by atoms with E-state index in [2.05, 4.69) is 73.1 Å². The Kier molecular flexibility index (Phi) is 36.1. The van der Waals surface area contributed by atoms with Crippen molar-refractivity contribution < 1.29 is 81.8 Å². The fourth-order valence-corrected chi connectivity index (χ4v) is 17.4. The van der Waals surface area contributed by atoms with Crippen LogP contribution < -0.4 is 70.4 Å². The molecule has 0 radical (unpaired) electrons. The van der Waals surface area contributed by atoms with E-state index in [9.17, 15) is 57.8 Å². The largest absolute Gasteiger partial charge is 0.394 e. The number of carbonyl (C=O) groups excluding carboxylic acids is 16. The smallest absolute Gasteiger partial charge is 0.246 e. The molecule has 1 saturated carbocycles. The number of rotatable bonds is 23. The summed E-state index contributed by atoms with van der Waals surface area (Å²) in [4.78, 5) is 254. The Morgan fingerprint density at radius 3 is 1.77 bits per heavy atom. The number of hydrogen-bond donors (Lipinski definition) is 18. The van der Waals surface area contributed by atoms with E-state index in [1.54, 1.807) is 105 Å². The molecular formula is C88H123N23O17S. The molecule has 14 atom stereocenters. The maximum absolute atomic E-state index is 15.7. The number of fused-ring (bicyclic) bond motifs is 3.